The second-order valence-corrected chi connectivity index (χ2v) is 5.63. The summed E-state index contributed by atoms with van der Waals surface area (Å²) in [6.07, 6.45) is 0. The summed E-state index contributed by atoms with van der Waals surface area (Å²) in [4.78, 5) is 0. The maximum Gasteiger partial charge on any atom is 0.0674 e. The normalized spacial score (nSPS) is 16.6. The summed E-state index contributed by atoms with van der Waals surface area (Å²) in [7, 11) is 0. The molecular weight excluding hydrogens is 265 g/mol. The highest BCUT2D eigenvalue weighted by Crippen LogP contribution is 2.49. The van der Waals surface area contributed by atoms with Gasteiger partial charge in [0.05, 0.1) is 16.1 Å². The molecule has 18 heavy (non-hydrogen) atoms. The Morgan fingerprint density at radius 2 is 1.83 bits per heavy atom. The van der Waals surface area contributed by atoms with Crippen molar-refractivity contribution in [3.8, 4) is 11.1 Å². The average molecular weight is 278 g/mol. The predicted octanol–water partition coefficient (Wildman–Crippen LogP) is 4.64. The van der Waals surface area contributed by atoms with Crippen LogP contribution in [0.2, 0.25) is 10.0 Å². The Hall–Kier alpha value is -1.02. The van der Waals surface area contributed by atoms with Crippen molar-refractivity contribution in [2.24, 2.45) is 5.73 Å². The Bertz CT molecular complexity index is 662. The lowest BCUT2D eigenvalue weighted by Crippen LogP contribution is -2.09. The third-order valence-electron chi connectivity index (χ3n) is 3.57. The summed E-state index contributed by atoms with van der Waals surface area (Å²) in [5.74, 6) is 0. The van der Waals surface area contributed by atoms with E-state index in [9.17, 15) is 0 Å². The molecule has 0 aliphatic heterocycles. The van der Waals surface area contributed by atoms with E-state index in [2.05, 4.69) is 26.0 Å². The van der Waals surface area contributed by atoms with Crippen molar-refractivity contribution in [3.05, 3.63) is 56.6 Å². The van der Waals surface area contributed by atoms with Gasteiger partial charge in [0.25, 0.3) is 0 Å². The lowest BCUT2D eigenvalue weighted by molar-refractivity contribution is 0.890. The molecule has 2 aromatic rings. The van der Waals surface area contributed by atoms with Gasteiger partial charge < -0.3 is 5.73 Å². The zero-order valence-electron chi connectivity index (χ0n) is 10.2. The molecule has 0 heterocycles. The highest BCUT2D eigenvalue weighted by molar-refractivity contribution is 6.44. The molecule has 1 aliphatic carbocycles. The molecule has 1 atom stereocenters. The average Bonchev–Trinajstić information content (AvgIpc) is 2.58. The topological polar surface area (TPSA) is 26.0 Å². The largest absolute Gasteiger partial charge is 0.320 e. The van der Waals surface area contributed by atoms with Gasteiger partial charge in [0.1, 0.15) is 0 Å². The molecule has 0 aromatic heterocycles. The first-order chi connectivity index (χ1) is 8.50. The van der Waals surface area contributed by atoms with Gasteiger partial charge in [-0.15, -0.1) is 0 Å². The van der Waals surface area contributed by atoms with Gasteiger partial charge in [0.15, 0.2) is 0 Å². The van der Waals surface area contributed by atoms with Crippen LogP contribution in [0.5, 0.6) is 0 Å². The minimum Gasteiger partial charge on any atom is -0.320 e. The summed E-state index contributed by atoms with van der Waals surface area (Å²) in [6.45, 7) is 4.17. The van der Waals surface area contributed by atoms with Crippen LogP contribution in [0, 0.1) is 13.8 Å². The Labute approximate surface area is 117 Å². The maximum absolute atomic E-state index is 6.35. The fourth-order valence-corrected chi connectivity index (χ4v) is 3.28. The molecule has 3 heteroatoms. The van der Waals surface area contributed by atoms with Gasteiger partial charge in [0, 0.05) is 5.56 Å². The van der Waals surface area contributed by atoms with E-state index in [1.165, 1.54) is 16.7 Å². The fraction of sp³-hybridized carbons (Fsp3) is 0.200. The van der Waals surface area contributed by atoms with E-state index < -0.39 is 0 Å². The van der Waals surface area contributed by atoms with Crippen LogP contribution >= 0.6 is 23.2 Å². The van der Waals surface area contributed by atoms with Gasteiger partial charge in [0.2, 0.25) is 0 Å². The van der Waals surface area contributed by atoms with E-state index >= 15 is 0 Å². The number of rotatable bonds is 0. The van der Waals surface area contributed by atoms with Crippen molar-refractivity contribution >= 4 is 23.2 Å². The number of nitrogens with two attached hydrogens (primary N) is 1. The third kappa shape index (κ3) is 1.51. The fourth-order valence-electron chi connectivity index (χ4n) is 2.85. The summed E-state index contributed by atoms with van der Waals surface area (Å²) < 4.78 is 0. The van der Waals surface area contributed by atoms with Crippen LogP contribution in [0.4, 0.5) is 0 Å². The number of aryl methyl sites for hydroxylation is 2. The molecule has 92 valence electrons. The van der Waals surface area contributed by atoms with E-state index in [1.807, 2.05) is 12.1 Å². The molecule has 0 bridgehead atoms. The molecule has 0 saturated carbocycles. The first kappa shape index (κ1) is 12.0. The second-order valence-electron chi connectivity index (χ2n) is 4.85. The van der Waals surface area contributed by atoms with Gasteiger partial charge >= 0.3 is 0 Å². The van der Waals surface area contributed by atoms with Crippen molar-refractivity contribution in [2.45, 2.75) is 19.9 Å². The van der Waals surface area contributed by atoms with E-state index in [4.69, 9.17) is 28.9 Å². The highest BCUT2D eigenvalue weighted by atomic mass is 35.5. The van der Waals surface area contributed by atoms with Crippen LogP contribution in [-0.4, -0.2) is 0 Å². The monoisotopic (exact) mass is 277 g/mol. The van der Waals surface area contributed by atoms with Crippen LogP contribution in [-0.2, 0) is 0 Å². The summed E-state index contributed by atoms with van der Waals surface area (Å²) in [5.41, 5.74) is 13.1. The molecule has 0 spiro atoms. The predicted molar refractivity (Wildman–Crippen MR) is 77.4 cm³/mol. The molecule has 2 N–H and O–H groups in total. The van der Waals surface area contributed by atoms with Crippen molar-refractivity contribution < 1.29 is 0 Å². The minimum absolute atomic E-state index is 0.106. The highest BCUT2D eigenvalue weighted by Gasteiger charge is 2.30. The van der Waals surface area contributed by atoms with Crippen molar-refractivity contribution in [3.63, 3.8) is 0 Å². The Balaban J connectivity index is 2.42. The summed E-state index contributed by atoms with van der Waals surface area (Å²) in [5, 5.41) is 1.18. The molecule has 0 saturated heterocycles. The molecular formula is C15H13Cl2N. The van der Waals surface area contributed by atoms with Crippen LogP contribution in [0.25, 0.3) is 11.1 Å². The Morgan fingerprint density at radius 3 is 2.56 bits per heavy atom. The lowest BCUT2D eigenvalue weighted by atomic mass is 9.98. The first-order valence-electron chi connectivity index (χ1n) is 5.85. The van der Waals surface area contributed by atoms with Gasteiger partial charge in [-0.05, 0) is 42.2 Å². The van der Waals surface area contributed by atoms with E-state index in [1.54, 1.807) is 0 Å². The molecule has 2 aromatic carbocycles. The molecule has 0 radical (unpaired) electrons. The maximum atomic E-state index is 6.35. The molecule has 1 aliphatic rings. The standard InChI is InChI=1S/C15H13Cl2N/c1-7-5-8(2)12-10(6-7)13-9(15(12)18)3-4-11(16)14(13)17/h3-6,15H,18H2,1-2H3. The van der Waals surface area contributed by atoms with Crippen LogP contribution in [0.1, 0.15) is 28.3 Å². The number of hydrogen-bond donors (Lipinski definition) is 1. The van der Waals surface area contributed by atoms with Crippen molar-refractivity contribution in [2.75, 3.05) is 0 Å². The number of fused-ring (bicyclic) bond motifs is 3. The van der Waals surface area contributed by atoms with Gasteiger partial charge in [-0.25, -0.2) is 0 Å². The van der Waals surface area contributed by atoms with E-state index in [-0.39, 0.29) is 6.04 Å². The van der Waals surface area contributed by atoms with E-state index in [0.717, 1.165) is 16.7 Å². The second kappa shape index (κ2) is 3.99. The smallest absolute Gasteiger partial charge is 0.0674 e. The van der Waals surface area contributed by atoms with Gasteiger partial charge in [-0.2, -0.15) is 0 Å². The van der Waals surface area contributed by atoms with Crippen LogP contribution < -0.4 is 5.73 Å². The Morgan fingerprint density at radius 1 is 1.11 bits per heavy atom. The van der Waals surface area contributed by atoms with Gasteiger partial charge in [-0.1, -0.05) is 47.0 Å². The zero-order valence-corrected chi connectivity index (χ0v) is 11.7. The number of benzene rings is 2. The van der Waals surface area contributed by atoms with Gasteiger partial charge in [-0.3, -0.25) is 0 Å². The van der Waals surface area contributed by atoms with Crippen LogP contribution in [0.15, 0.2) is 24.3 Å². The first-order valence-corrected chi connectivity index (χ1v) is 6.61. The van der Waals surface area contributed by atoms with Crippen molar-refractivity contribution in [1.82, 2.24) is 0 Å². The van der Waals surface area contributed by atoms with E-state index in [0.29, 0.717) is 10.0 Å². The number of halogens is 2. The molecule has 0 fully saturated rings. The molecule has 3 rings (SSSR count). The van der Waals surface area contributed by atoms with Crippen molar-refractivity contribution in [1.29, 1.82) is 0 Å². The molecule has 1 unspecified atom stereocenters. The number of hydrogen-bond acceptors (Lipinski definition) is 1. The lowest BCUT2D eigenvalue weighted by Gasteiger charge is -2.10. The van der Waals surface area contributed by atoms with Crippen LogP contribution in [0.3, 0.4) is 0 Å². The minimum atomic E-state index is -0.106. The zero-order chi connectivity index (χ0) is 13.0. The third-order valence-corrected chi connectivity index (χ3v) is 4.38. The Kier molecular flexibility index (Phi) is 2.67. The molecule has 1 nitrogen and oxygen atoms in total. The molecule has 0 amide bonds. The summed E-state index contributed by atoms with van der Waals surface area (Å²) in [6, 6.07) is 7.97. The summed E-state index contributed by atoms with van der Waals surface area (Å²) >= 11 is 12.5. The SMILES string of the molecule is Cc1cc(C)c2c(c1)-c1c(ccc(Cl)c1Cl)C2N. The quantitative estimate of drug-likeness (QED) is 0.746.